The number of halogens is 3. The Hall–Kier alpha value is -4.18. The number of carboxylic acid groups (broad SMARTS) is 1. The van der Waals surface area contributed by atoms with Crippen molar-refractivity contribution in [3.8, 4) is 5.69 Å². The number of nitrogens with zero attached hydrogens (tertiary/aromatic N) is 3. The van der Waals surface area contributed by atoms with Crippen LogP contribution in [0.3, 0.4) is 0 Å². The highest BCUT2D eigenvalue weighted by Crippen LogP contribution is 2.31. The van der Waals surface area contributed by atoms with Gasteiger partial charge in [-0.3, -0.25) is 9.78 Å². The first-order valence-electron chi connectivity index (χ1n) is 12.1. The molecule has 3 N–H and O–H groups in total. The fraction of sp³-hybridized carbons (Fsp3) is 0.250. The number of hydrogen-bond acceptors (Lipinski definition) is 4. The molecule has 0 atom stereocenters. The summed E-state index contributed by atoms with van der Waals surface area (Å²) in [6.45, 7) is 2.09. The van der Waals surface area contributed by atoms with Gasteiger partial charge in [0.2, 0.25) is 0 Å². The lowest BCUT2D eigenvalue weighted by Crippen LogP contribution is -2.37. The molecule has 0 saturated carbocycles. The van der Waals surface area contributed by atoms with E-state index >= 15 is 0 Å². The molecule has 1 fully saturated rings. The van der Waals surface area contributed by atoms with Gasteiger partial charge in [-0.2, -0.15) is 13.2 Å². The van der Waals surface area contributed by atoms with Crippen molar-refractivity contribution < 1.29 is 27.9 Å². The van der Waals surface area contributed by atoms with E-state index in [9.17, 15) is 18.0 Å². The summed E-state index contributed by atoms with van der Waals surface area (Å²) < 4.78 is 33.8. The first kappa shape index (κ1) is 26.9. The second-order valence-corrected chi connectivity index (χ2v) is 8.96. The first-order chi connectivity index (χ1) is 18.2. The van der Waals surface area contributed by atoms with E-state index in [0.717, 1.165) is 48.1 Å². The second kappa shape index (κ2) is 11.5. The lowest BCUT2D eigenvalue weighted by Gasteiger charge is -2.32. The van der Waals surface area contributed by atoms with Gasteiger partial charge < -0.3 is 20.3 Å². The maximum absolute atomic E-state index is 13.5. The summed E-state index contributed by atoms with van der Waals surface area (Å²) in [6, 6.07) is 20.5. The Morgan fingerprint density at radius 1 is 1.03 bits per heavy atom. The Kier molecular flexibility index (Phi) is 8.11. The highest BCUT2D eigenvalue weighted by atomic mass is 19.4. The van der Waals surface area contributed by atoms with Gasteiger partial charge in [0.05, 0.1) is 23.0 Å². The van der Waals surface area contributed by atoms with Gasteiger partial charge in [0.15, 0.2) is 0 Å². The normalized spacial score (nSPS) is 14.2. The number of nitrogens with two attached hydrogens (primary N) is 1. The quantitative estimate of drug-likeness (QED) is 0.385. The molecule has 1 saturated heterocycles. The van der Waals surface area contributed by atoms with Crippen molar-refractivity contribution in [2.45, 2.75) is 31.5 Å². The van der Waals surface area contributed by atoms with E-state index in [4.69, 9.17) is 15.6 Å². The third-order valence-corrected chi connectivity index (χ3v) is 6.55. The van der Waals surface area contributed by atoms with Crippen molar-refractivity contribution in [3.05, 3.63) is 95.9 Å². The van der Waals surface area contributed by atoms with Crippen LogP contribution < -0.4 is 5.73 Å². The predicted octanol–water partition coefficient (Wildman–Crippen LogP) is 5.14. The molecule has 0 radical (unpaired) electrons. The maximum Gasteiger partial charge on any atom is 0.490 e. The van der Waals surface area contributed by atoms with E-state index in [1.807, 2.05) is 47.6 Å². The smallest absolute Gasteiger partial charge is 0.475 e. The number of benzene rings is 2. The fourth-order valence-electron chi connectivity index (χ4n) is 4.62. The molecule has 1 amide bonds. The van der Waals surface area contributed by atoms with E-state index in [2.05, 4.69) is 39.9 Å². The Balaban J connectivity index is 0.000000426. The van der Waals surface area contributed by atoms with E-state index < -0.39 is 12.1 Å². The molecule has 4 aromatic rings. The van der Waals surface area contributed by atoms with E-state index in [0.29, 0.717) is 12.5 Å². The summed E-state index contributed by atoms with van der Waals surface area (Å²) in [7, 11) is 0. The fourth-order valence-corrected chi connectivity index (χ4v) is 4.62. The number of rotatable bonds is 4. The molecule has 3 heterocycles. The Morgan fingerprint density at radius 3 is 2.37 bits per heavy atom. The van der Waals surface area contributed by atoms with Crippen LogP contribution >= 0.6 is 0 Å². The van der Waals surface area contributed by atoms with Crippen LogP contribution in [0.5, 0.6) is 0 Å². The number of likely N-dealkylation sites (tertiary alicyclic amines) is 1. The second-order valence-electron chi connectivity index (χ2n) is 8.96. The molecule has 10 heteroatoms. The average Bonchev–Trinajstić information content (AvgIpc) is 3.33. The van der Waals surface area contributed by atoms with Crippen LogP contribution in [0.4, 0.5) is 13.2 Å². The van der Waals surface area contributed by atoms with Crippen LogP contribution in [0.15, 0.2) is 79.3 Å². The number of para-hydroxylation sites is 1. The molecule has 7 nitrogen and oxygen atoms in total. The van der Waals surface area contributed by atoms with Gasteiger partial charge in [0.25, 0.3) is 5.91 Å². The predicted molar refractivity (Wildman–Crippen MR) is 137 cm³/mol. The summed E-state index contributed by atoms with van der Waals surface area (Å²) in [5.74, 6) is -2.17. The topological polar surface area (TPSA) is 101 Å². The molecule has 1 aliphatic rings. The summed E-state index contributed by atoms with van der Waals surface area (Å²) in [5.41, 5.74) is 11.0. The molecule has 2 aromatic carbocycles. The number of carboxylic acids is 1. The van der Waals surface area contributed by atoms with Crippen molar-refractivity contribution in [1.29, 1.82) is 0 Å². The van der Waals surface area contributed by atoms with Crippen molar-refractivity contribution >= 4 is 22.8 Å². The third kappa shape index (κ3) is 6.03. The van der Waals surface area contributed by atoms with Gasteiger partial charge in [0.1, 0.15) is 0 Å². The number of aliphatic carboxylic acids is 1. The minimum absolute atomic E-state index is 0.105. The molecule has 0 unspecified atom stereocenters. The monoisotopic (exact) mass is 524 g/mol. The number of fused-ring (bicyclic) bond motifs is 1. The number of hydrogen-bond donors (Lipinski definition) is 2. The number of aromatic nitrogens is 2. The van der Waals surface area contributed by atoms with Crippen LogP contribution in [-0.4, -0.2) is 50.7 Å². The van der Waals surface area contributed by atoms with E-state index in [1.165, 1.54) is 11.1 Å². The summed E-state index contributed by atoms with van der Waals surface area (Å²) in [6.07, 6.45) is 2.40. The van der Waals surface area contributed by atoms with Crippen LogP contribution in [0.2, 0.25) is 0 Å². The molecule has 1 aliphatic heterocycles. The van der Waals surface area contributed by atoms with Gasteiger partial charge in [-0.1, -0.05) is 42.5 Å². The number of amides is 1. The molecule has 0 spiro atoms. The van der Waals surface area contributed by atoms with Crippen molar-refractivity contribution in [1.82, 2.24) is 14.5 Å². The number of alkyl halides is 3. The average molecular weight is 525 g/mol. The highest BCUT2D eigenvalue weighted by molar-refractivity contribution is 6.07. The zero-order chi connectivity index (χ0) is 27.3. The van der Waals surface area contributed by atoms with E-state index in [-0.39, 0.29) is 5.91 Å². The molecule has 2 aromatic heterocycles. The Morgan fingerprint density at radius 2 is 1.74 bits per heavy atom. The van der Waals surface area contributed by atoms with Gasteiger partial charge in [-0.15, -0.1) is 0 Å². The van der Waals surface area contributed by atoms with Gasteiger partial charge in [-0.25, -0.2) is 4.79 Å². The lowest BCUT2D eigenvalue weighted by atomic mass is 9.88. The maximum atomic E-state index is 13.5. The van der Waals surface area contributed by atoms with Crippen LogP contribution in [0.25, 0.3) is 16.6 Å². The SMILES string of the molecule is NCc1cccc(C2CCN(C(=O)c3cn(-c4cccnc4)c4ccccc34)CC2)c1.O=C(O)C(F)(F)F. The van der Waals surface area contributed by atoms with Crippen molar-refractivity contribution in [3.63, 3.8) is 0 Å². The molecule has 38 heavy (non-hydrogen) atoms. The molecule has 0 bridgehead atoms. The summed E-state index contributed by atoms with van der Waals surface area (Å²) in [4.78, 5) is 28.6. The standard InChI is InChI=1S/C26H26N4O.C2HF3O2/c27-16-19-5-3-6-21(15-19)20-10-13-29(14-11-20)26(31)24-18-30(22-7-4-12-28-17-22)25-9-2-1-8-23(24)25;3-2(4,5)1(6)7/h1-9,12,15,17-18,20H,10-11,13-14,16,27H2;(H,6,7). The van der Waals surface area contributed by atoms with Crippen molar-refractivity contribution in [2.75, 3.05) is 13.1 Å². The van der Waals surface area contributed by atoms with E-state index in [1.54, 1.807) is 6.20 Å². The van der Waals surface area contributed by atoms with Crippen LogP contribution in [-0.2, 0) is 11.3 Å². The Labute approximate surface area is 217 Å². The van der Waals surface area contributed by atoms with Crippen LogP contribution in [0.1, 0.15) is 40.2 Å². The molecular formula is C28H27F3N4O3. The zero-order valence-electron chi connectivity index (χ0n) is 20.4. The van der Waals surface area contributed by atoms with Crippen molar-refractivity contribution in [2.24, 2.45) is 5.73 Å². The molecule has 198 valence electrons. The Bertz CT molecular complexity index is 1410. The molecule has 5 rings (SSSR count). The number of piperidine rings is 1. The minimum Gasteiger partial charge on any atom is -0.475 e. The molecule has 0 aliphatic carbocycles. The molecular weight excluding hydrogens is 497 g/mol. The lowest BCUT2D eigenvalue weighted by molar-refractivity contribution is -0.192. The largest absolute Gasteiger partial charge is 0.490 e. The zero-order valence-corrected chi connectivity index (χ0v) is 20.4. The van der Waals surface area contributed by atoms with Gasteiger partial charge in [-0.05, 0) is 48.1 Å². The van der Waals surface area contributed by atoms with Gasteiger partial charge >= 0.3 is 12.1 Å². The number of carbonyl (C=O) groups is 2. The van der Waals surface area contributed by atoms with Crippen LogP contribution in [0, 0.1) is 0 Å². The minimum atomic E-state index is -5.08. The highest BCUT2D eigenvalue weighted by Gasteiger charge is 2.38. The number of pyridine rings is 1. The first-order valence-corrected chi connectivity index (χ1v) is 12.1. The summed E-state index contributed by atoms with van der Waals surface area (Å²) in [5, 5.41) is 8.11. The summed E-state index contributed by atoms with van der Waals surface area (Å²) >= 11 is 0. The number of carbonyl (C=O) groups excluding carboxylic acids is 1. The third-order valence-electron chi connectivity index (χ3n) is 6.55. The van der Waals surface area contributed by atoms with Gasteiger partial charge in [0, 0.05) is 37.4 Å².